The third-order valence-corrected chi connectivity index (χ3v) is 4.30. The van der Waals surface area contributed by atoms with Gasteiger partial charge in [0.15, 0.2) is 0 Å². The number of carbonyl (C=O) groups is 1. The van der Waals surface area contributed by atoms with Crippen molar-refractivity contribution < 1.29 is 4.79 Å². The molecule has 2 heteroatoms. The van der Waals surface area contributed by atoms with E-state index in [-0.39, 0.29) is 5.92 Å². The Kier molecular flexibility index (Phi) is 4.28. The number of hydrogen-bond donors (Lipinski definition) is 0. The van der Waals surface area contributed by atoms with Crippen LogP contribution in [0, 0.1) is 5.92 Å². The number of carbonyl (C=O) groups excluding carboxylic acids is 1. The summed E-state index contributed by atoms with van der Waals surface area (Å²) in [6, 6.07) is 8.90. The normalized spacial score (nSPS) is 17.4. The van der Waals surface area contributed by atoms with Gasteiger partial charge in [0.1, 0.15) is 0 Å². The van der Waals surface area contributed by atoms with E-state index in [4.69, 9.17) is 0 Å². The van der Waals surface area contributed by atoms with E-state index < -0.39 is 0 Å². The Morgan fingerprint density at radius 2 is 1.79 bits per heavy atom. The maximum atomic E-state index is 12.0. The Bertz CT molecular complexity index is 429. The molecule has 1 fully saturated rings. The van der Waals surface area contributed by atoms with Crippen molar-refractivity contribution in [1.29, 1.82) is 0 Å². The maximum absolute atomic E-state index is 12.0. The monoisotopic (exact) mass is 259 g/mol. The number of likely N-dealkylation sites (tertiary alicyclic amines) is 1. The third kappa shape index (κ3) is 2.99. The zero-order chi connectivity index (χ0) is 14.0. The van der Waals surface area contributed by atoms with Gasteiger partial charge < -0.3 is 4.90 Å². The van der Waals surface area contributed by atoms with Gasteiger partial charge in [-0.15, -0.1) is 0 Å². The molecule has 1 heterocycles. The van der Waals surface area contributed by atoms with Gasteiger partial charge in [0.2, 0.25) is 5.91 Å². The molecule has 2 nitrogen and oxygen atoms in total. The van der Waals surface area contributed by atoms with Crippen molar-refractivity contribution in [1.82, 2.24) is 4.90 Å². The van der Waals surface area contributed by atoms with Crippen molar-refractivity contribution >= 4 is 5.91 Å². The van der Waals surface area contributed by atoms with Gasteiger partial charge in [-0.05, 0) is 23.5 Å². The molecule has 1 aliphatic heterocycles. The van der Waals surface area contributed by atoms with Crippen LogP contribution in [0.2, 0.25) is 0 Å². The molecule has 1 saturated heterocycles. The van der Waals surface area contributed by atoms with Gasteiger partial charge >= 0.3 is 0 Å². The summed E-state index contributed by atoms with van der Waals surface area (Å²) in [5.74, 6) is 1.61. The third-order valence-electron chi connectivity index (χ3n) is 4.30. The van der Waals surface area contributed by atoms with E-state index >= 15 is 0 Å². The topological polar surface area (TPSA) is 20.3 Å². The van der Waals surface area contributed by atoms with Crippen LogP contribution >= 0.6 is 0 Å². The molecule has 0 spiro atoms. The van der Waals surface area contributed by atoms with Crippen LogP contribution in [0.5, 0.6) is 0 Å². The molecule has 1 aromatic rings. The van der Waals surface area contributed by atoms with E-state index in [0.29, 0.717) is 17.7 Å². The van der Waals surface area contributed by atoms with Crippen molar-refractivity contribution in [3.8, 4) is 0 Å². The van der Waals surface area contributed by atoms with E-state index in [0.717, 1.165) is 19.5 Å². The first-order valence-electron chi connectivity index (χ1n) is 7.41. The average molecular weight is 259 g/mol. The molecule has 0 aromatic heterocycles. The fraction of sp³-hybridized carbons (Fsp3) is 0.588. The fourth-order valence-corrected chi connectivity index (χ4v) is 2.51. The molecule has 104 valence electrons. The molecule has 1 unspecified atom stereocenters. The van der Waals surface area contributed by atoms with Crippen LogP contribution in [0.4, 0.5) is 0 Å². The molecular formula is C17H25NO. The number of nitrogens with zero attached hydrogens (tertiary/aromatic N) is 1. The fourth-order valence-electron chi connectivity index (χ4n) is 2.51. The summed E-state index contributed by atoms with van der Waals surface area (Å²) in [6.07, 6.45) is 0.934. The van der Waals surface area contributed by atoms with E-state index in [9.17, 15) is 4.79 Å². The molecule has 0 bridgehead atoms. The van der Waals surface area contributed by atoms with Crippen LogP contribution in [0.25, 0.3) is 0 Å². The molecule has 0 saturated carbocycles. The zero-order valence-electron chi connectivity index (χ0n) is 12.5. The Hall–Kier alpha value is -1.31. The second-order valence-electron chi connectivity index (χ2n) is 6.07. The van der Waals surface area contributed by atoms with Gasteiger partial charge in [-0.2, -0.15) is 0 Å². The highest BCUT2D eigenvalue weighted by molar-refractivity contribution is 5.79. The van der Waals surface area contributed by atoms with Gasteiger partial charge in [-0.25, -0.2) is 0 Å². The molecule has 2 rings (SSSR count). The van der Waals surface area contributed by atoms with Crippen LogP contribution in [-0.4, -0.2) is 23.9 Å². The lowest BCUT2D eigenvalue weighted by Crippen LogP contribution is -2.50. The highest BCUT2D eigenvalue weighted by Crippen LogP contribution is 2.29. The first-order valence-corrected chi connectivity index (χ1v) is 7.41. The van der Waals surface area contributed by atoms with Crippen molar-refractivity contribution in [3.63, 3.8) is 0 Å². The molecule has 1 aromatic carbocycles. The Balaban J connectivity index is 1.91. The molecule has 1 amide bonds. The van der Waals surface area contributed by atoms with Crippen molar-refractivity contribution in [2.24, 2.45) is 5.92 Å². The van der Waals surface area contributed by atoms with Gasteiger partial charge in [-0.3, -0.25) is 4.79 Å². The number of amides is 1. The zero-order valence-corrected chi connectivity index (χ0v) is 12.5. The smallest absolute Gasteiger partial charge is 0.225 e. The van der Waals surface area contributed by atoms with Crippen molar-refractivity contribution in [2.45, 2.75) is 46.0 Å². The Morgan fingerprint density at radius 1 is 1.21 bits per heavy atom. The van der Waals surface area contributed by atoms with Crippen LogP contribution < -0.4 is 0 Å². The average Bonchev–Trinajstić information content (AvgIpc) is 2.36. The van der Waals surface area contributed by atoms with E-state index in [1.807, 2.05) is 11.8 Å². The standard InChI is InChI=1S/C17H25NO/c1-5-13(4)17(19)18-10-16(11-18)15-8-6-14(7-9-15)12(2)3/h6-9,12-13,16H,5,10-11H2,1-4H3. The van der Waals surface area contributed by atoms with Gasteiger partial charge in [-0.1, -0.05) is 52.0 Å². The minimum absolute atomic E-state index is 0.171. The summed E-state index contributed by atoms with van der Waals surface area (Å²) in [5, 5.41) is 0. The highest BCUT2D eigenvalue weighted by atomic mass is 16.2. The van der Waals surface area contributed by atoms with Gasteiger partial charge in [0.05, 0.1) is 0 Å². The predicted octanol–water partition coefficient (Wildman–Crippen LogP) is 3.78. The second-order valence-corrected chi connectivity index (χ2v) is 6.07. The molecular weight excluding hydrogens is 234 g/mol. The lowest BCUT2D eigenvalue weighted by molar-refractivity contribution is -0.139. The summed E-state index contributed by atoms with van der Waals surface area (Å²) in [5.41, 5.74) is 2.76. The van der Waals surface area contributed by atoms with E-state index in [1.54, 1.807) is 0 Å². The van der Waals surface area contributed by atoms with Crippen molar-refractivity contribution in [2.75, 3.05) is 13.1 Å². The summed E-state index contributed by atoms with van der Waals surface area (Å²) >= 11 is 0. The van der Waals surface area contributed by atoms with Crippen LogP contribution in [0.1, 0.15) is 57.1 Å². The second kappa shape index (κ2) is 5.77. The molecule has 19 heavy (non-hydrogen) atoms. The highest BCUT2D eigenvalue weighted by Gasteiger charge is 2.33. The van der Waals surface area contributed by atoms with Crippen LogP contribution in [0.3, 0.4) is 0 Å². The minimum atomic E-state index is 0.171. The summed E-state index contributed by atoms with van der Waals surface area (Å²) in [6.45, 7) is 10.3. The minimum Gasteiger partial charge on any atom is -0.341 e. The van der Waals surface area contributed by atoms with Gasteiger partial charge in [0.25, 0.3) is 0 Å². The maximum Gasteiger partial charge on any atom is 0.225 e. The first-order chi connectivity index (χ1) is 9.02. The Labute approximate surface area is 116 Å². The Morgan fingerprint density at radius 3 is 2.26 bits per heavy atom. The van der Waals surface area contributed by atoms with Crippen LogP contribution in [0.15, 0.2) is 24.3 Å². The van der Waals surface area contributed by atoms with E-state index in [1.165, 1.54) is 11.1 Å². The lowest BCUT2D eigenvalue weighted by atomic mass is 9.88. The van der Waals surface area contributed by atoms with E-state index in [2.05, 4.69) is 45.0 Å². The SMILES string of the molecule is CCC(C)C(=O)N1CC(c2ccc(C(C)C)cc2)C1. The number of rotatable bonds is 4. The van der Waals surface area contributed by atoms with Crippen LogP contribution in [-0.2, 0) is 4.79 Å². The quantitative estimate of drug-likeness (QED) is 0.805. The molecule has 0 N–H and O–H groups in total. The summed E-state index contributed by atoms with van der Waals surface area (Å²) < 4.78 is 0. The molecule has 1 atom stereocenters. The van der Waals surface area contributed by atoms with Crippen molar-refractivity contribution in [3.05, 3.63) is 35.4 Å². The summed E-state index contributed by atoms with van der Waals surface area (Å²) in [4.78, 5) is 14.0. The predicted molar refractivity (Wildman–Crippen MR) is 79.3 cm³/mol. The molecule has 1 aliphatic rings. The summed E-state index contributed by atoms with van der Waals surface area (Å²) in [7, 11) is 0. The first kappa shape index (κ1) is 14.1. The molecule has 0 radical (unpaired) electrons. The number of hydrogen-bond acceptors (Lipinski definition) is 1. The lowest BCUT2D eigenvalue weighted by Gasteiger charge is -2.41. The number of benzene rings is 1. The largest absolute Gasteiger partial charge is 0.341 e. The molecule has 0 aliphatic carbocycles. The van der Waals surface area contributed by atoms with Gasteiger partial charge in [0, 0.05) is 24.9 Å².